The number of carbonyl (C=O) groups is 2. The van der Waals surface area contributed by atoms with Gasteiger partial charge in [-0.3, -0.25) is 13.9 Å². The maximum absolute atomic E-state index is 14.6. The smallest absolute Gasteiger partial charge is 0.264 e. The first-order valence-electron chi connectivity index (χ1n) is 14.9. The largest absolute Gasteiger partial charge is 0.352 e. The summed E-state index contributed by atoms with van der Waals surface area (Å²) in [6, 6.07) is 27.9. The van der Waals surface area contributed by atoms with Crippen molar-refractivity contribution >= 4 is 43.5 Å². The Hall–Kier alpha value is -3.95. The third-order valence-electron chi connectivity index (χ3n) is 7.61. The molecule has 0 aliphatic heterocycles. The minimum absolute atomic E-state index is 0.0797. The molecule has 4 aromatic carbocycles. The second kappa shape index (κ2) is 14.9. The molecule has 236 valence electrons. The fourth-order valence-corrected chi connectivity index (χ4v) is 6.87. The Balaban J connectivity index is 1.82. The van der Waals surface area contributed by atoms with Crippen LogP contribution in [0.25, 0.3) is 0 Å². The molecule has 0 spiro atoms. The number of benzene rings is 4. The van der Waals surface area contributed by atoms with Gasteiger partial charge >= 0.3 is 0 Å². The van der Waals surface area contributed by atoms with Crippen LogP contribution in [-0.4, -0.2) is 43.8 Å². The van der Waals surface area contributed by atoms with E-state index in [2.05, 4.69) is 21.2 Å². The topological polar surface area (TPSA) is 86.8 Å². The van der Waals surface area contributed by atoms with Gasteiger partial charge < -0.3 is 10.2 Å². The molecule has 0 aliphatic carbocycles. The van der Waals surface area contributed by atoms with Gasteiger partial charge in [0, 0.05) is 23.5 Å². The molecule has 1 N–H and O–H groups in total. The van der Waals surface area contributed by atoms with Gasteiger partial charge in [0.15, 0.2) is 0 Å². The third kappa shape index (κ3) is 8.83. The van der Waals surface area contributed by atoms with Crippen molar-refractivity contribution in [3.8, 4) is 0 Å². The van der Waals surface area contributed by atoms with E-state index < -0.39 is 28.5 Å². The van der Waals surface area contributed by atoms with Gasteiger partial charge in [-0.25, -0.2) is 8.42 Å². The highest BCUT2D eigenvalue weighted by Crippen LogP contribution is 2.27. The predicted octanol–water partition coefficient (Wildman–Crippen LogP) is 6.73. The average Bonchev–Trinajstić information content (AvgIpc) is 2.99. The number of hydrogen-bond acceptors (Lipinski definition) is 4. The van der Waals surface area contributed by atoms with Crippen LogP contribution in [0.4, 0.5) is 5.69 Å². The molecule has 45 heavy (non-hydrogen) atoms. The number of hydrogen-bond donors (Lipinski definition) is 1. The van der Waals surface area contributed by atoms with E-state index in [9.17, 15) is 18.0 Å². The molecule has 0 fully saturated rings. The predicted molar refractivity (Wildman–Crippen MR) is 184 cm³/mol. The molecular weight excluding hydrogens is 650 g/mol. The summed E-state index contributed by atoms with van der Waals surface area (Å²) in [6.45, 7) is 9.09. The van der Waals surface area contributed by atoms with Gasteiger partial charge in [0.2, 0.25) is 11.8 Å². The van der Waals surface area contributed by atoms with Crippen LogP contribution in [0.1, 0.15) is 41.7 Å². The van der Waals surface area contributed by atoms with E-state index in [0.29, 0.717) is 5.69 Å². The van der Waals surface area contributed by atoms with E-state index in [1.807, 2.05) is 95.3 Å². The number of aryl methyl sites for hydroxylation is 3. The molecule has 7 nitrogen and oxygen atoms in total. The molecule has 4 aromatic rings. The summed E-state index contributed by atoms with van der Waals surface area (Å²) in [5.74, 6) is -0.806. The van der Waals surface area contributed by atoms with Crippen molar-refractivity contribution in [2.45, 2.75) is 64.6 Å². The first-order valence-corrected chi connectivity index (χ1v) is 17.1. The van der Waals surface area contributed by atoms with Crippen molar-refractivity contribution in [2.24, 2.45) is 0 Å². The third-order valence-corrected chi connectivity index (χ3v) is 9.89. The Morgan fingerprint density at radius 1 is 0.800 bits per heavy atom. The van der Waals surface area contributed by atoms with Crippen LogP contribution in [0.3, 0.4) is 0 Å². The van der Waals surface area contributed by atoms with Crippen LogP contribution in [-0.2, 0) is 32.6 Å². The fraction of sp³-hybridized carbons (Fsp3) is 0.278. The number of sulfonamides is 1. The first kappa shape index (κ1) is 33.9. The molecule has 0 aliphatic rings. The standard InChI is InChI=1S/C36H40BrN3O4S/c1-25(2)38-36(42)34(22-29-10-7-6-8-11-29)39(23-30-12-9-13-31(37)21-30)35(41)24-40(32-17-16-27(4)28(5)20-32)45(43,44)33-18-14-26(3)15-19-33/h6-21,25,34H,22-24H2,1-5H3,(H,38,42)/t34-/m1/s1. The molecule has 1 atom stereocenters. The minimum atomic E-state index is -4.15. The lowest BCUT2D eigenvalue weighted by Gasteiger charge is -2.34. The minimum Gasteiger partial charge on any atom is -0.352 e. The molecule has 0 bridgehead atoms. The van der Waals surface area contributed by atoms with Crippen molar-refractivity contribution in [3.63, 3.8) is 0 Å². The van der Waals surface area contributed by atoms with Crippen LogP contribution >= 0.6 is 15.9 Å². The number of nitrogens with zero attached hydrogens (tertiary/aromatic N) is 2. The average molecular weight is 691 g/mol. The first-order chi connectivity index (χ1) is 21.3. The molecule has 4 rings (SSSR count). The molecule has 0 radical (unpaired) electrons. The molecular formula is C36H40BrN3O4S. The Bertz CT molecular complexity index is 1740. The zero-order valence-corrected chi connectivity index (χ0v) is 28.7. The summed E-state index contributed by atoms with van der Waals surface area (Å²) in [6.07, 6.45) is 0.257. The molecule has 0 unspecified atom stereocenters. The van der Waals surface area contributed by atoms with Crippen LogP contribution in [0, 0.1) is 20.8 Å². The van der Waals surface area contributed by atoms with Crippen molar-refractivity contribution in [1.82, 2.24) is 10.2 Å². The molecule has 0 heterocycles. The SMILES string of the molecule is Cc1ccc(S(=O)(=O)N(CC(=O)N(Cc2cccc(Br)c2)[C@H](Cc2ccccc2)C(=O)NC(C)C)c2ccc(C)c(C)c2)cc1. The lowest BCUT2D eigenvalue weighted by molar-refractivity contribution is -0.140. The Labute approximate surface area is 275 Å². The van der Waals surface area contributed by atoms with Crippen LogP contribution in [0.5, 0.6) is 0 Å². The monoisotopic (exact) mass is 689 g/mol. The van der Waals surface area contributed by atoms with Crippen LogP contribution in [0.15, 0.2) is 106 Å². The number of amides is 2. The summed E-state index contributed by atoms with van der Waals surface area (Å²) >= 11 is 3.51. The van der Waals surface area contributed by atoms with E-state index in [1.165, 1.54) is 4.90 Å². The highest BCUT2D eigenvalue weighted by Gasteiger charge is 2.35. The van der Waals surface area contributed by atoms with Gasteiger partial charge in [0.25, 0.3) is 10.0 Å². The number of halogens is 1. The molecule has 0 saturated heterocycles. The van der Waals surface area contributed by atoms with Gasteiger partial charge in [-0.15, -0.1) is 0 Å². The van der Waals surface area contributed by atoms with Crippen molar-refractivity contribution in [3.05, 3.63) is 129 Å². The quantitative estimate of drug-likeness (QED) is 0.179. The molecule has 9 heteroatoms. The Morgan fingerprint density at radius 2 is 1.47 bits per heavy atom. The lowest BCUT2D eigenvalue weighted by Crippen LogP contribution is -2.54. The maximum atomic E-state index is 14.6. The zero-order chi connectivity index (χ0) is 32.7. The van der Waals surface area contributed by atoms with E-state index in [-0.39, 0.29) is 29.8 Å². The van der Waals surface area contributed by atoms with E-state index in [0.717, 1.165) is 36.6 Å². The summed E-state index contributed by atoms with van der Waals surface area (Å²) in [7, 11) is -4.15. The number of rotatable bonds is 12. The highest BCUT2D eigenvalue weighted by molar-refractivity contribution is 9.10. The molecule has 0 saturated carbocycles. The number of carbonyl (C=O) groups excluding carboxylic acids is 2. The van der Waals surface area contributed by atoms with Crippen molar-refractivity contribution < 1.29 is 18.0 Å². The second-order valence-corrected chi connectivity index (χ2v) is 14.4. The summed E-state index contributed by atoms with van der Waals surface area (Å²) in [4.78, 5) is 29.9. The Morgan fingerprint density at radius 3 is 2.09 bits per heavy atom. The second-order valence-electron chi connectivity index (χ2n) is 11.6. The van der Waals surface area contributed by atoms with Gasteiger partial charge in [0.1, 0.15) is 12.6 Å². The maximum Gasteiger partial charge on any atom is 0.264 e. The van der Waals surface area contributed by atoms with Crippen molar-refractivity contribution in [2.75, 3.05) is 10.8 Å². The number of anilines is 1. The summed E-state index contributed by atoms with van der Waals surface area (Å²) in [5.41, 5.74) is 4.87. The highest BCUT2D eigenvalue weighted by atomic mass is 79.9. The summed E-state index contributed by atoms with van der Waals surface area (Å²) in [5, 5.41) is 2.98. The van der Waals surface area contributed by atoms with E-state index in [1.54, 1.807) is 36.4 Å². The van der Waals surface area contributed by atoms with Gasteiger partial charge in [-0.1, -0.05) is 82.2 Å². The fourth-order valence-electron chi connectivity index (χ4n) is 5.01. The van der Waals surface area contributed by atoms with Crippen molar-refractivity contribution in [1.29, 1.82) is 0 Å². The van der Waals surface area contributed by atoms with Gasteiger partial charge in [-0.2, -0.15) is 0 Å². The van der Waals surface area contributed by atoms with Crippen LogP contribution in [0.2, 0.25) is 0 Å². The normalized spacial score (nSPS) is 12.1. The van der Waals surface area contributed by atoms with E-state index >= 15 is 0 Å². The van der Waals surface area contributed by atoms with Gasteiger partial charge in [0.05, 0.1) is 10.6 Å². The number of nitrogens with one attached hydrogen (secondary N) is 1. The zero-order valence-electron chi connectivity index (χ0n) is 26.3. The lowest BCUT2D eigenvalue weighted by atomic mass is 10.0. The molecule has 2 amide bonds. The van der Waals surface area contributed by atoms with Gasteiger partial charge in [-0.05, 0) is 93.3 Å². The Kier molecular flexibility index (Phi) is 11.2. The summed E-state index contributed by atoms with van der Waals surface area (Å²) < 4.78 is 30.4. The van der Waals surface area contributed by atoms with Crippen LogP contribution < -0.4 is 9.62 Å². The molecule has 0 aromatic heterocycles. The van der Waals surface area contributed by atoms with E-state index in [4.69, 9.17) is 0 Å².